The number of aryl methyl sites for hydroxylation is 1. The van der Waals surface area contributed by atoms with Crippen molar-refractivity contribution in [3.8, 4) is 0 Å². The molecule has 7 nitrogen and oxygen atoms in total. The summed E-state index contributed by atoms with van der Waals surface area (Å²) in [6.45, 7) is 7.35. The predicted octanol–water partition coefficient (Wildman–Crippen LogP) is 2.82. The number of amides is 1. The molecule has 1 aliphatic rings. The van der Waals surface area contributed by atoms with Crippen LogP contribution in [-0.2, 0) is 0 Å². The Morgan fingerprint density at radius 1 is 1.41 bits per heavy atom. The molecular weight excluding hydrogens is 340 g/mol. The standard InChI is InChI=1S/C20H26N6O/c1-12(2)17-8-19(25-24-17)20(27)26-5-4-14(11-26)18-7-15(6-13(3)23-18)16(9-21)10-22/h6-10,12,14,21H,4-5,11,22H2,1-3H3,(H,24,25)/b16-10+,21-9?. The number of nitrogens with one attached hydrogen (secondary N) is 2. The van der Waals surface area contributed by atoms with Crippen LogP contribution in [0.5, 0.6) is 0 Å². The van der Waals surface area contributed by atoms with Gasteiger partial charge in [0, 0.05) is 54.1 Å². The van der Waals surface area contributed by atoms with Crippen molar-refractivity contribution in [3.63, 3.8) is 0 Å². The van der Waals surface area contributed by atoms with Crippen molar-refractivity contribution in [3.05, 3.63) is 52.7 Å². The topological polar surface area (TPSA) is 112 Å². The van der Waals surface area contributed by atoms with E-state index in [0.717, 1.165) is 29.1 Å². The van der Waals surface area contributed by atoms with Gasteiger partial charge in [0.1, 0.15) is 5.69 Å². The van der Waals surface area contributed by atoms with Gasteiger partial charge in [0.15, 0.2) is 0 Å². The van der Waals surface area contributed by atoms with E-state index in [1.807, 2.05) is 30.0 Å². The smallest absolute Gasteiger partial charge is 0.274 e. The summed E-state index contributed by atoms with van der Waals surface area (Å²) < 4.78 is 0. The number of nitrogens with zero attached hydrogens (tertiary/aromatic N) is 3. The third-order valence-electron chi connectivity index (χ3n) is 4.97. The second-order valence-corrected chi connectivity index (χ2v) is 7.29. The molecule has 0 aromatic carbocycles. The van der Waals surface area contributed by atoms with Crippen molar-refractivity contribution in [1.82, 2.24) is 20.1 Å². The number of hydrogen-bond donors (Lipinski definition) is 3. The number of aromatic nitrogens is 3. The van der Waals surface area contributed by atoms with E-state index in [2.05, 4.69) is 29.0 Å². The monoisotopic (exact) mass is 366 g/mol. The zero-order valence-corrected chi connectivity index (χ0v) is 16.0. The normalized spacial score (nSPS) is 17.6. The highest BCUT2D eigenvalue weighted by Gasteiger charge is 2.30. The minimum absolute atomic E-state index is 0.0458. The number of rotatable bonds is 5. The summed E-state index contributed by atoms with van der Waals surface area (Å²) in [6.07, 6.45) is 3.53. The van der Waals surface area contributed by atoms with Crippen molar-refractivity contribution in [2.75, 3.05) is 13.1 Å². The molecule has 2 aromatic heterocycles. The van der Waals surface area contributed by atoms with E-state index in [1.54, 1.807) is 0 Å². The Labute approximate surface area is 159 Å². The Bertz CT molecular complexity index is 882. The van der Waals surface area contributed by atoms with E-state index in [9.17, 15) is 4.79 Å². The van der Waals surface area contributed by atoms with Crippen LogP contribution in [0.1, 0.15) is 65.2 Å². The number of pyridine rings is 1. The van der Waals surface area contributed by atoms with Crippen LogP contribution < -0.4 is 5.73 Å². The molecule has 1 aliphatic heterocycles. The molecule has 3 heterocycles. The Kier molecular flexibility index (Phi) is 5.39. The quantitative estimate of drug-likeness (QED) is 0.706. The molecule has 1 atom stereocenters. The van der Waals surface area contributed by atoms with Crippen molar-refractivity contribution >= 4 is 17.7 Å². The van der Waals surface area contributed by atoms with E-state index in [-0.39, 0.29) is 11.8 Å². The van der Waals surface area contributed by atoms with Crippen LogP contribution in [0.4, 0.5) is 0 Å². The van der Waals surface area contributed by atoms with Crippen LogP contribution in [-0.4, -0.2) is 45.3 Å². The third-order valence-corrected chi connectivity index (χ3v) is 4.97. The summed E-state index contributed by atoms with van der Waals surface area (Å²) in [5.41, 5.74) is 10.4. The van der Waals surface area contributed by atoms with Gasteiger partial charge in [-0.1, -0.05) is 13.8 Å². The maximum atomic E-state index is 12.8. The van der Waals surface area contributed by atoms with Crippen LogP contribution in [0, 0.1) is 12.3 Å². The molecule has 0 bridgehead atoms. The van der Waals surface area contributed by atoms with E-state index in [4.69, 9.17) is 11.1 Å². The SMILES string of the molecule is Cc1cc(/C(C=N)=C/N)cc(C2CCN(C(=O)c3cc(C(C)C)[nH]n3)C2)n1. The van der Waals surface area contributed by atoms with Crippen LogP contribution >= 0.6 is 0 Å². The molecule has 0 spiro atoms. The molecule has 27 heavy (non-hydrogen) atoms. The highest BCUT2D eigenvalue weighted by Crippen LogP contribution is 2.29. The largest absolute Gasteiger partial charge is 0.404 e. The molecule has 0 aliphatic carbocycles. The number of likely N-dealkylation sites (tertiary alicyclic amines) is 1. The molecular formula is C20H26N6O. The summed E-state index contributed by atoms with van der Waals surface area (Å²) in [5.74, 6) is 0.426. The van der Waals surface area contributed by atoms with Gasteiger partial charge in [-0.15, -0.1) is 0 Å². The number of allylic oxidation sites excluding steroid dienone is 1. The summed E-state index contributed by atoms with van der Waals surface area (Å²) >= 11 is 0. The Morgan fingerprint density at radius 2 is 2.19 bits per heavy atom. The molecule has 4 N–H and O–H groups in total. The zero-order chi connectivity index (χ0) is 19.6. The molecule has 1 fully saturated rings. The van der Waals surface area contributed by atoms with Crippen LogP contribution in [0.15, 0.2) is 24.4 Å². The van der Waals surface area contributed by atoms with Gasteiger partial charge in [-0.05, 0) is 43.0 Å². The minimum atomic E-state index is -0.0458. The lowest BCUT2D eigenvalue weighted by Crippen LogP contribution is -2.28. The minimum Gasteiger partial charge on any atom is -0.404 e. The number of carbonyl (C=O) groups is 1. The van der Waals surface area contributed by atoms with Gasteiger partial charge in [0.25, 0.3) is 5.91 Å². The van der Waals surface area contributed by atoms with Crippen LogP contribution in [0.25, 0.3) is 5.57 Å². The van der Waals surface area contributed by atoms with E-state index >= 15 is 0 Å². The third kappa shape index (κ3) is 3.92. The maximum absolute atomic E-state index is 12.8. The van der Waals surface area contributed by atoms with Gasteiger partial charge in [0.05, 0.1) is 0 Å². The fourth-order valence-electron chi connectivity index (χ4n) is 3.39. The van der Waals surface area contributed by atoms with Crippen molar-refractivity contribution in [2.45, 2.75) is 39.0 Å². The molecule has 1 saturated heterocycles. The first kappa shape index (κ1) is 18.8. The van der Waals surface area contributed by atoms with E-state index in [0.29, 0.717) is 30.3 Å². The van der Waals surface area contributed by atoms with Gasteiger partial charge < -0.3 is 16.0 Å². The van der Waals surface area contributed by atoms with Crippen molar-refractivity contribution < 1.29 is 4.79 Å². The first-order chi connectivity index (χ1) is 12.9. The van der Waals surface area contributed by atoms with Crippen molar-refractivity contribution in [2.24, 2.45) is 5.73 Å². The molecule has 1 amide bonds. The number of hydrogen-bond acceptors (Lipinski definition) is 5. The molecule has 2 aromatic rings. The molecule has 0 radical (unpaired) electrons. The van der Waals surface area contributed by atoms with Gasteiger partial charge in [-0.2, -0.15) is 5.10 Å². The van der Waals surface area contributed by atoms with Crippen LogP contribution in [0.3, 0.4) is 0 Å². The summed E-state index contributed by atoms with van der Waals surface area (Å²) in [7, 11) is 0. The number of nitrogens with two attached hydrogens (primary N) is 1. The average Bonchev–Trinajstić information content (AvgIpc) is 3.32. The lowest BCUT2D eigenvalue weighted by molar-refractivity contribution is 0.0785. The Morgan fingerprint density at radius 3 is 2.81 bits per heavy atom. The highest BCUT2D eigenvalue weighted by molar-refractivity contribution is 6.08. The van der Waals surface area contributed by atoms with E-state index < -0.39 is 0 Å². The Hall–Kier alpha value is -2.96. The number of H-pyrrole nitrogens is 1. The lowest BCUT2D eigenvalue weighted by atomic mass is 9.99. The number of carbonyl (C=O) groups excluding carboxylic acids is 1. The van der Waals surface area contributed by atoms with Gasteiger partial charge >= 0.3 is 0 Å². The predicted molar refractivity (Wildman–Crippen MR) is 106 cm³/mol. The lowest BCUT2D eigenvalue weighted by Gasteiger charge is -2.16. The summed E-state index contributed by atoms with van der Waals surface area (Å²) in [6, 6.07) is 5.73. The molecule has 1 unspecified atom stereocenters. The summed E-state index contributed by atoms with van der Waals surface area (Å²) in [4.78, 5) is 19.3. The van der Waals surface area contributed by atoms with Gasteiger partial charge in [-0.25, -0.2) is 0 Å². The highest BCUT2D eigenvalue weighted by atomic mass is 16.2. The zero-order valence-electron chi connectivity index (χ0n) is 16.0. The molecule has 3 rings (SSSR count). The fraction of sp³-hybridized carbons (Fsp3) is 0.400. The Balaban J connectivity index is 1.77. The first-order valence-corrected chi connectivity index (χ1v) is 9.18. The van der Waals surface area contributed by atoms with Gasteiger partial charge in [0.2, 0.25) is 0 Å². The van der Waals surface area contributed by atoms with Crippen molar-refractivity contribution in [1.29, 1.82) is 5.41 Å². The van der Waals surface area contributed by atoms with Gasteiger partial charge in [-0.3, -0.25) is 14.9 Å². The molecule has 7 heteroatoms. The summed E-state index contributed by atoms with van der Waals surface area (Å²) in [5, 5.41) is 14.6. The second kappa shape index (κ2) is 7.73. The van der Waals surface area contributed by atoms with Crippen LogP contribution in [0.2, 0.25) is 0 Å². The molecule has 142 valence electrons. The second-order valence-electron chi connectivity index (χ2n) is 7.29. The van der Waals surface area contributed by atoms with E-state index in [1.165, 1.54) is 12.4 Å². The molecule has 0 saturated carbocycles. The average molecular weight is 366 g/mol. The number of aromatic amines is 1. The first-order valence-electron chi connectivity index (χ1n) is 9.18. The maximum Gasteiger partial charge on any atom is 0.274 e. The fourth-order valence-corrected chi connectivity index (χ4v) is 3.39.